The Balaban J connectivity index is 1.23. The number of hydrogen-bond donors (Lipinski definition) is 3. The second kappa shape index (κ2) is 9.14. The minimum Gasteiger partial charge on any atom is -0.508 e. The van der Waals surface area contributed by atoms with Crippen LogP contribution in [-0.2, 0) is 29.0 Å². The molecule has 0 fully saturated rings. The standard InChI is InChI=1S/C27H29N3O3/c31-19-11-9-18(10-12-19)13-15-28-26(32)22-6-1-2-7-23(22)27(33)30-16-14-21-20-5-3-4-8-24(20)29-25(21)17-30/h1-5,8-12,22-23,29,31H,6-7,13-17H2,(H,28,32). The van der Waals surface area contributed by atoms with Crippen molar-refractivity contribution in [3.63, 3.8) is 0 Å². The number of nitrogens with one attached hydrogen (secondary N) is 2. The SMILES string of the molecule is O=C(NCCc1ccc(O)cc1)C1CC=CCC1C(=O)N1CCc2c([nH]c3ccccc23)C1. The van der Waals surface area contributed by atoms with Gasteiger partial charge in [0.05, 0.1) is 18.4 Å². The Kier molecular flexibility index (Phi) is 5.90. The van der Waals surface area contributed by atoms with E-state index in [2.05, 4.69) is 22.4 Å². The Bertz CT molecular complexity index is 1200. The number of rotatable bonds is 5. The number of benzene rings is 2. The van der Waals surface area contributed by atoms with Crippen molar-refractivity contribution in [2.24, 2.45) is 11.8 Å². The van der Waals surface area contributed by atoms with Crippen molar-refractivity contribution < 1.29 is 14.7 Å². The Morgan fingerprint density at radius 3 is 2.61 bits per heavy atom. The molecule has 2 heterocycles. The van der Waals surface area contributed by atoms with Gasteiger partial charge in [0.2, 0.25) is 11.8 Å². The Labute approximate surface area is 193 Å². The fraction of sp³-hybridized carbons (Fsp3) is 0.333. The zero-order valence-electron chi connectivity index (χ0n) is 18.6. The number of allylic oxidation sites excluding steroid dienone is 2. The number of nitrogens with zero attached hydrogens (tertiary/aromatic N) is 1. The van der Waals surface area contributed by atoms with E-state index in [1.54, 1.807) is 12.1 Å². The molecule has 1 aromatic heterocycles. The Morgan fingerprint density at radius 2 is 1.79 bits per heavy atom. The highest BCUT2D eigenvalue weighted by molar-refractivity contribution is 5.89. The number of aromatic hydroxyl groups is 1. The first-order valence-electron chi connectivity index (χ1n) is 11.7. The van der Waals surface area contributed by atoms with E-state index >= 15 is 0 Å². The summed E-state index contributed by atoms with van der Waals surface area (Å²) in [6, 6.07) is 15.3. The third-order valence-corrected chi connectivity index (χ3v) is 6.93. The van der Waals surface area contributed by atoms with E-state index in [1.807, 2.05) is 41.3 Å². The lowest BCUT2D eigenvalue weighted by Gasteiger charge is -2.34. The predicted molar refractivity (Wildman–Crippen MR) is 128 cm³/mol. The molecule has 1 aliphatic carbocycles. The topological polar surface area (TPSA) is 85.4 Å². The van der Waals surface area contributed by atoms with Gasteiger partial charge in [-0.15, -0.1) is 0 Å². The van der Waals surface area contributed by atoms with Crippen LogP contribution < -0.4 is 5.32 Å². The summed E-state index contributed by atoms with van der Waals surface area (Å²) >= 11 is 0. The molecule has 2 aliphatic rings. The van der Waals surface area contributed by atoms with E-state index in [9.17, 15) is 14.7 Å². The number of hydrogen-bond acceptors (Lipinski definition) is 3. The lowest BCUT2D eigenvalue weighted by molar-refractivity contribution is -0.142. The van der Waals surface area contributed by atoms with Crippen molar-refractivity contribution in [2.45, 2.75) is 32.2 Å². The summed E-state index contributed by atoms with van der Waals surface area (Å²) in [6.45, 7) is 1.76. The number of H-pyrrole nitrogens is 1. The molecule has 0 radical (unpaired) electrons. The Morgan fingerprint density at radius 1 is 1.03 bits per heavy atom. The van der Waals surface area contributed by atoms with E-state index in [0.29, 0.717) is 38.9 Å². The van der Waals surface area contributed by atoms with Gasteiger partial charge < -0.3 is 20.3 Å². The van der Waals surface area contributed by atoms with Crippen molar-refractivity contribution in [2.75, 3.05) is 13.1 Å². The average Bonchev–Trinajstić information content (AvgIpc) is 3.22. The van der Waals surface area contributed by atoms with Crippen molar-refractivity contribution in [3.8, 4) is 5.75 Å². The first-order chi connectivity index (χ1) is 16.1. The number of aromatic amines is 1. The monoisotopic (exact) mass is 443 g/mol. The number of aromatic nitrogens is 1. The molecule has 5 rings (SSSR count). The molecule has 33 heavy (non-hydrogen) atoms. The molecule has 2 unspecified atom stereocenters. The van der Waals surface area contributed by atoms with E-state index in [1.165, 1.54) is 10.9 Å². The lowest BCUT2D eigenvalue weighted by Crippen LogP contribution is -2.46. The number of fused-ring (bicyclic) bond motifs is 3. The highest BCUT2D eigenvalue weighted by atomic mass is 16.3. The number of para-hydroxylation sites is 1. The molecule has 170 valence electrons. The van der Waals surface area contributed by atoms with E-state index < -0.39 is 0 Å². The van der Waals surface area contributed by atoms with E-state index in [4.69, 9.17) is 0 Å². The van der Waals surface area contributed by atoms with Crippen molar-refractivity contribution in [1.29, 1.82) is 0 Å². The van der Waals surface area contributed by atoms with Gasteiger partial charge in [0, 0.05) is 29.7 Å². The van der Waals surface area contributed by atoms with Crippen molar-refractivity contribution >= 4 is 22.7 Å². The fourth-order valence-corrected chi connectivity index (χ4v) is 5.12. The molecule has 3 N–H and O–H groups in total. The molecule has 2 atom stereocenters. The molecule has 2 aromatic carbocycles. The highest BCUT2D eigenvalue weighted by Gasteiger charge is 2.37. The van der Waals surface area contributed by atoms with Gasteiger partial charge in [-0.3, -0.25) is 9.59 Å². The predicted octanol–water partition coefficient (Wildman–Crippen LogP) is 3.70. The summed E-state index contributed by atoms with van der Waals surface area (Å²) in [6.07, 6.45) is 6.75. The highest BCUT2D eigenvalue weighted by Crippen LogP contribution is 2.32. The lowest BCUT2D eigenvalue weighted by atomic mass is 9.81. The molecule has 0 bridgehead atoms. The van der Waals surface area contributed by atoms with Crippen LogP contribution in [0.5, 0.6) is 5.75 Å². The van der Waals surface area contributed by atoms with Crippen molar-refractivity contribution in [3.05, 3.63) is 77.5 Å². The maximum absolute atomic E-state index is 13.5. The minimum atomic E-state index is -0.341. The van der Waals surface area contributed by atoms with Gasteiger partial charge >= 0.3 is 0 Å². The van der Waals surface area contributed by atoms with E-state index in [-0.39, 0.29) is 29.4 Å². The molecule has 0 spiro atoms. The molecular formula is C27H29N3O3. The summed E-state index contributed by atoms with van der Waals surface area (Å²) < 4.78 is 0. The van der Waals surface area contributed by atoms with E-state index in [0.717, 1.165) is 23.2 Å². The minimum absolute atomic E-state index is 0.0558. The van der Waals surface area contributed by atoms with Crippen LogP contribution in [0.15, 0.2) is 60.7 Å². The third kappa shape index (κ3) is 4.38. The van der Waals surface area contributed by atoms with Crippen LogP contribution >= 0.6 is 0 Å². The second-order valence-corrected chi connectivity index (χ2v) is 9.00. The summed E-state index contributed by atoms with van der Waals surface area (Å²) in [5.74, 6) is -0.418. The van der Waals surface area contributed by atoms with Crippen LogP contribution in [0.4, 0.5) is 0 Å². The van der Waals surface area contributed by atoms with Gasteiger partial charge in [-0.25, -0.2) is 0 Å². The normalized spacial score (nSPS) is 19.9. The van der Waals surface area contributed by atoms with Gasteiger partial charge in [0.15, 0.2) is 0 Å². The maximum Gasteiger partial charge on any atom is 0.227 e. The largest absolute Gasteiger partial charge is 0.508 e. The third-order valence-electron chi connectivity index (χ3n) is 6.93. The summed E-state index contributed by atoms with van der Waals surface area (Å²) in [5, 5.41) is 13.7. The number of carbonyl (C=O) groups is 2. The van der Waals surface area contributed by atoms with Gasteiger partial charge in [-0.2, -0.15) is 0 Å². The maximum atomic E-state index is 13.5. The zero-order chi connectivity index (χ0) is 22.8. The molecule has 6 heteroatoms. The molecule has 2 amide bonds. The molecule has 1 aliphatic heterocycles. The van der Waals surface area contributed by atoms with Gasteiger partial charge in [-0.05, 0) is 55.0 Å². The van der Waals surface area contributed by atoms with Crippen LogP contribution in [0.2, 0.25) is 0 Å². The van der Waals surface area contributed by atoms with Crippen molar-refractivity contribution in [1.82, 2.24) is 15.2 Å². The second-order valence-electron chi connectivity index (χ2n) is 9.00. The molecule has 3 aromatic rings. The summed E-state index contributed by atoms with van der Waals surface area (Å²) in [7, 11) is 0. The van der Waals surface area contributed by atoms with Gasteiger partial charge in [0.25, 0.3) is 0 Å². The number of amides is 2. The van der Waals surface area contributed by atoms with Crippen LogP contribution in [0.25, 0.3) is 10.9 Å². The zero-order valence-corrected chi connectivity index (χ0v) is 18.6. The number of phenolic OH excluding ortho intramolecular Hbond substituents is 1. The smallest absolute Gasteiger partial charge is 0.227 e. The number of phenols is 1. The molecular weight excluding hydrogens is 414 g/mol. The Hall–Kier alpha value is -3.54. The van der Waals surface area contributed by atoms with Gasteiger partial charge in [-0.1, -0.05) is 42.5 Å². The first kappa shape index (κ1) is 21.3. The molecule has 0 saturated carbocycles. The first-order valence-corrected chi connectivity index (χ1v) is 11.7. The van der Waals surface area contributed by atoms with Crippen LogP contribution in [0.3, 0.4) is 0 Å². The van der Waals surface area contributed by atoms with Crippen LogP contribution in [0.1, 0.15) is 29.7 Å². The summed E-state index contributed by atoms with van der Waals surface area (Å²) in [5.41, 5.74) is 4.58. The summed E-state index contributed by atoms with van der Waals surface area (Å²) in [4.78, 5) is 31.9. The van der Waals surface area contributed by atoms with Gasteiger partial charge in [0.1, 0.15) is 5.75 Å². The van der Waals surface area contributed by atoms with Crippen LogP contribution in [0, 0.1) is 11.8 Å². The van der Waals surface area contributed by atoms with Crippen LogP contribution in [-0.4, -0.2) is 39.9 Å². The quantitative estimate of drug-likeness (QED) is 0.526. The fourth-order valence-electron chi connectivity index (χ4n) is 5.12. The molecule has 6 nitrogen and oxygen atoms in total. The number of carbonyl (C=O) groups excluding carboxylic acids is 2. The molecule has 0 saturated heterocycles. The average molecular weight is 444 g/mol.